The molecule has 0 saturated carbocycles. The summed E-state index contributed by atoms with van der Waals surface area (Å²) >= 11 is 1.21. The van der Waals surface area contributed by atoms with E-state index >= 15 is 0 Å². The normalized spacial score (nSPS) is 12.0. The number of aromatic nitrogens is 3. The van der Waals surface area contributed by atoms with E-state index < -0.39 is 12.0 Å². The fraction of sp³-hybridized carbons (Fsp3) is 0.176. The van der Waals surface area contributed by atoms with E-state index in [1.54, 1.807) is 4.40 Å². The van der Waals surface area contributed by atoms with Gasteiger partial charge in [0.2, 0.25) is 5.91 Å². The molecule has 0 saturated heterocycles. The number of aliphatic carboxylic acids is 1. The number of pyridine rings is 1. The van der Waals surface area contributed by atoms with Gasteiger partial charge in [0.25, 0.3) is 0 Å². The number of hydrogen-bond acceptors (Lipinski definition) is 5. The number of carboxylic acids is 1. The molecule has 0 unspecified atom stereocenters. The summed E-state index contributed by atoms with van der Waals surface area (Å²) in [5, 5.41) is 20.5. The maximum atomic E-state index is 12.1. The molecule has 2 aromatic heterocycles. The van der Waals surface area contributed by atoms with E-state index in [0.717, 1.165) is 5.56 Å². The molecule has 8 heteroatoms. The van der Waals surface area contributed by atoms with Crippen LogP contribution in [0.4, 0.5) is 0 Å². The number of thioether (sulfide) groups is 1. The fourth-order valence-corrected chi connectivity index (χ4v) is 3.07. The second-order valence-corrected chi connectivity index (χ2v) is 6.29. The van der Waals surface area contributed by atoms with Crippen molar-refractivity contribution >= 4 is 29.3 Å². The summed E-state index contributed by atoms with van der Waals surface area (Å²) in [6.45, 7) is 0. The molecule has 25 heavy (non-hydrogen) atoms. The Morgan fingerprint density at radius 1 is 1.12 bits per heavy atom. The molecule has 0 radical (unpaired) electrons. The topological polar surface area (TPSA) is 96.6 Å². The smallest absolute Gasteiger partial charge is 0.326 e. The molecule has 0 fully saturated rings. The Morgan fingerprint density at radius 3 is 2.64 bits per heavy atom. The highest BCUT2D eigenvalue weighted by Gasteiger charge is 2.20. The van der Waals surface area contributed by atoms with E-state index in [1.165, 1.54) is 11.8 Å². The van der Waals surface area contributed by atoms with Gasteiger partial charge in [-0.2, -0.15) is 0 Å². The molecule has 3 aromatic rings. The lowest BCUT2D eigenvalue weighted by atomic mass is 10.1. The molecule has 7 nitrogen and oxygen atoms in total. The Morgan fingerprint density at radius 2 is 1.88 bits per heavy atom. The average molecular weight is 356 g/mol. The maximum Gasteiger partial charge on any atom is 0.326 e. The van der Waals surface area contributed by atoms with Crippen molar-refractivity contribution in [2.75, 3.05) is 5.75 Å². The van der Waals surface area contributed by atoms with Crippen LogP contribution in [0, 0.1) is 0 Å². The molecule has 2 N–H and O–H groups in total. The first-order valence-corrected chi connectivity index (χ1v) is 8.60. The highest BCUT2D eigenvalue weighted by Crippen LogP contribution is 2.16. The van der Waals surface area contributed by atoms with Crippen LogP contribution in [-0.2, 0) is 16.0 Å². The van der Waals surface area contributed by atoms with E-state index in [-0.39, 0.29) is 18.1 Å². The highest BCUT2D eigenvalue weighted by molar-refractivity contribution is 7.99. The van der Waals surface area contributed by atoms with Crippen molar-refractivity contribution in [1.82, 2.24) is 19.9 Å². The van der Waals surface area contributed by atoms with Crippen LogP contribution in [0.1, 0.15) is 5.56 Å². The van der Waals surface area contributed by atoms with Gasteiger partial charge in [0.15, 0.2) is 10.8 Å². The largest absolute Gasteiger partial charge is 0.480 e. The summed E-state index contributed by atoms with van der Waals surface area (Å²) < 4.78 is 1.77. The minimum absolute atomic E-state index is 0.0637. The summed E-state index contributed by atoms with van der Waals surface area (Å²) in [5.41, 5.74) is 1.55. The van der Waals surface area contributed by atoms with Crippen molar-refractivity contribution in [1.29, 1.82) is 0 Å². The second kappa shape index (κ2) is 7.80. The van der Waals surface area contributed by atoms with Crippen molar-refractivity contribution in [2.24, 2.45) is 0 Å². The van der Waals surface area contributed by atoms with Gasteiger partial charge in [0.1, 0.15) is 6.04 Å². The van der Waals surface area contributed by atoms with E-state index in [1.807, 2.05) is 54.7 Å². The Labute approximate surface area is 148 Å². The molecule has 1 atom stereocenters. The van der Waals surface area contributed by atoms with Crippen LogP contribution >= 0.6 is 11.8 Å². The van der Waals surface area contributed by atoms with E-state index in [0.29, 0.717) is 10.8 Å². The van der Waals surface area contributed by atoms with Gasteiger partial charge < -0.3 is 10.4 Å². The van der Waals surface area contributed by atoms with Crippen LogP contribution in [0.3, 0.4) is 0 Å². The lowest BCUT2D eigenvalue weighted by molar-refractivity contribution is -0.141. The number of carbonyl (C=O) groups excluding carboxylic acids is 1. The zero-order chi connectivity index (χ0) is 17.6. The van der Waals surface area contributed by atoms with Crippen molar-refractivity contribution in [3.63, 3.8) is 0 Å². The fourth-order valence-electron chi connectivity index (χ4n) is 2.33. The van der Waals surface area contributed by atoms with Crippen LogP contribution < -0.4 is 5.32 Å². The standard InChI is InChI=1S/C17H16N4O3S/c22-15(11-25-17-20-19-14-8-4-5-9-21(14)17)18-13(16(23)24)10-12-6-2-1-3-7-12/h1-9,13H,10-11H2,(H,18,22)(H,23,24)/t13-/m1/s1. The van der Waals surface area contributed by atoms with Gasteiger partial charge in [-0.05, 0) is 17.7 Å². The Balaban J connectivity index is 1.59. The molecule has 0 aliphatic heterocycles. The molecule has 1 amide bonds. The zero-order valence-corrected chi connectivity index (χ0v) is 14.0. The lowest BCUT2D eigenvalue weighted by Gasteiger charge is -2.14. The third kappa shape index (κ3) is 4.36. The number of hydrogen-bond donors (Lipinski definition) is 2. The van der Waals surface area contributed by atoms with Crippen LogP contribution in [0.15, 0.2) is 59.9 Å². The highest BCUT2D eigenvalue weighted by atomic mass is 32.2. The molecule has 0 aliphatic carbocycles. The van der Waals surface area contributed by atoms with Gasteiger partial charge in [0, 0.05) is 12.6 Å². The first-order chi connectivity index (χ1) is 12.1. The van der Waals surface area contributed by atoms with Crippen LogP contribution in [0.5, 0.6) is 0 Å². The van der Waals surface area contributed by atoms with Gasteiger partial charge in [-0.3, -0.25) is 9.20 Å². The van der Waals surface area contributed by atoms with Crippen molar-refractivity contribution in [3.05, 3.63) is 60.3 Å². The quantitative estimate of drug-likeness (QED) is 0.625. The minimum atomic E-state index is -1.06. The predicted octanol–water partition coefficient (Wildman–Crippen LogP) is 1.63. The third-order valence-electron chi connectivity index (χ3n) is 3.53. The van der Waals surface area contributed by atoms with Crippen LogP contribution in [0.2, 0.25) is 0 Å². The first kappa shape index (κ1) is 17.0. The number of fused-ring (bicyclic) bond motifs is 1. The van der Waals surface area contributed by atoms with Gasteiger partial charge >= 0.3 is 5.97 Å². The monoisotopic (exact) mass is 356 g/mol. The number of carboxylic acid groups (broad SMARTS) is 1. The molecule has 1 aromatic carbocycles. The molecule has 0 spiro atoms. The Kier molecular flexibility index (Phi) is 5.30. The molecule has 2 heterocycles. The molecule has 128 valence electrons. The second-order valence-electron chi connectivity index (χ2n) is 5.35. The van der Waals surface area contributed by atoms with Crippen molar-refractivity contribution < 1.29 is 14.7 Å². The minimum Gasteiger partial charge on any atom is -0.480 e. The number of nitrogens with zero attached hydrogens (tertiary/aromatic N) is 3. The van der Waals surface area contributed by atoms with Gasteiger partial charge in [-0.1, -0.05) is 48.2 Å². The Bertz CT molecular complexity index is 882. The average Bonchev–Trinajstić information content (AvgIpc) is 3.03. The van der Waals surface area contributed by atoms with E-state index in [4.69, 9.17) is 0 Å². The zero-order valence-electron chi connectivity index (χ0n) is 13.2. The number of rotatable bonds is 7. The summed E-state index contributed by atoms with van der Waals surface area (Å²) in [7, 11) is 0. The van der Waals surface area contributed by atoms with Gasteiger partial charge in [-0.25, -0.2) is 4.79 Å². The number of amides is 1. The summed E-state index contributed by atoms with van der Waals surface area (Å²) in [6.07, 6.45) is 2.05. The Hall–Kier alpha value is -2.87. The number of benzene rings is 1. The van der Waals surface area contributed by atoms with Crippen LogP contribution in [0.25, 0.3) is 5.65 Å². The summed E-state index contributed by atoms with van der Waals surface area (Å²) in [6, 6.07) is 13.7. The van der Waals surface area contributed by atoms with Crippen LogP contribution in [-0.4, -0.2) is 43.4 Å². The lowest BCUT2D eigenvalue weighted by Crippen LogP contribution is -2.43. The SMILES string of the molecule is O=C(CSc1nnc2ccccn12)N[C@H](Cc1ccccc1)C(=O)O. The van der Waals surface area contributed by atoms with Gasteiger partial charge in [-0.15, -0.1) is 10.2 Å². The predicted molar refractivity (Wildman–Crippen MR) is 93.4 cm³/mol. The molecular formula is C17H16N4O3S. The number of carbonyl (C=O) groups is 2. The van der Waals surface area contributed by atoms with E-state index in [2.05, 4.69) is 15.5 Å². The summed E-state index contributed by atoms with van der Waals surface area (Å²) in [4.78, 5) is 23.5. The maximum absolute atomic E-state index is 12.1. The van der Waals surface area contributed by atoms with Gasteiger partial charge in [0.05, 0.1) is 5.75 Å². The van der Waals surface area contributed by atoms with Crippen molar-refractivity contribution in [3.8, 4) is 0 Å². The molecule has 0 aliphatic rings. The molecular weight excluding hydrogens is 340 g/mol. The first-order valence-electron chi connectivity index (χ1n) is 7.62. The third-order valence-corrected chi connectivity index (χ3v) is 4.47. The van der Waals surface area contributed by atoms with E-state index in [9.17, 15) is 14.7 Å². The number of nitrogens with one attached hydrogen (secondary N) is 1. The van der Waals surface area contributed by atoms with Crippen molar-refractivity contribution in [2.45, 2.75) is 17.6 Å². The summed E-state index contributed by atoms with van der Waals surface area (Å²) in [5.74, 6) is -1.36. The molecule has 0 bridgehead atoms. The molecule has 3 rings (SSSR count).